The van der Waals surface area contributed by atoms with Gasteiger partial charge in [-0.15, -0.1) is 0 Å². The summed E-state index contributed by atoms with van der Waals surface area (Å²) in [6, 6.07) is -1.82. The Morgan fingerprint density at radius 1 is 1.32 bits per heavy atom. The van der Waals surface area contributed by atoms with Crippen molar-refractivity contribution in [1.82, 2.24) is 25.3 Å². The molecule has 3 heterocycles. The van der Waals surface area contributed by atoms with E-state index in [0.717, 1.165) is 16.8 Å². The van der Waals surface area contributed by atoms with E-state index in [1.165, 1.54) is 13.8 Å². The van der Waals surface area contributed by atoms with E-state index in [9.17, 15) is 38.8 Å². The normalized spacial score (nSPS) is 29.6. The molecular formula is C20H30N5O11PS. The lowest BCUT2D eigenvalue weighted by Gasteiger charge is -2.27. The van der Waals surface area contributed by atoms with E-state index in [-0.39, 0.29) is 5.75 Å². The highest BCUT2D eigenvalue weighted by atomic mass is 32.7. The Balaban J connectivity index is 1.76. The van der Waals surface area contributed by atoms with Gasteiger partial charge in [0.2, 0.25) is 0 Å². The summed E-state index contributed by atoms with van der Waals surface area (Å²) in [5, 5.41) is 28.5. The number of hydrogen-bond acceptors (Lipinski definition) is 12. The Bertz CT molecular complexity index is 1230. The van der Waals surface area contributed by atoms with Gasteiger partial charge in [0.15, 0.2) is 6.23 Å². The molecule has 0 aliphatic carbocycles. The van der Waals surface area contributed by atoms with Crippen LogP contribution in [-0.4, -0.2) is 86.0 Å². The van der Waals surface area contributed by atoms with Gasteiger partial charge in [-0.05, 0) is 27.7 Å². The van der Waals surface area contributed by atoms with E-state index in [4.69, 9.17) is 14.0 Å². The number of aliphatic hydroxyl groups is 2. The molecule has 2 aliphatic heterocycles. The van der Waals surface area contributed by atoms with E-state index in [1.54, 1.807) is 13.8 Å². The maximum absolute atomic E-state index is 13.7. The molecule has 0 spiro atoms. The third-order valence-electron chi connectivity index (χ3n) is 5.59. The number of carbonyl (C=O) groups is 3. The van der Waals surface area contributed by atoms with Crippen LogP contribution in [0.25, 0.3) is 0 Å². The average Bonchev–Trinajstić information content (AvgIpc) is 3.25. The Morgan fingerprint density at radius 2 is 2.00 bits per heavy atom. The van der Waals surface area contributed by atoms with Crippen molar-refractivity contribution < 1.29 is 43.2 Å². The van der Waals surface area contributed by atoms with E-state index in [2.05, 4.69) is 10.4 Å². The molecule has 212 valence electrons. The first kappa shape index (κ1) is 30.0. The van der Waals surface area contributed by atoms with E-state index >= 15 is 0 Å². The summed E-state index contributed by atoms with van der Waals surface area (Å²) < 4.78 is 30.9. The monoisotopic (exact) mass is 579 g/mol. The van der Waals surface area contributed by atoms with E-state index < -0.39 is 84.7 Å². The lowest BCUT2D eigenvalue weighted by atomic mass is 9.96. The molecule has 0 aromatic carbocycles. The first-order chi connectivity index (χ1) is 17.6. The molecule has 38 heavy (non-hydrogen) atoms. The molecule has 0 unspecified atom stereocenters. The topological polar surface area (TPSA) is 227 Å². The SMILES string of the molecule is CC(C)OC(=O)[C@H](C)N[P@@](=O)(OC[C@H]1O[C@@H](n2ccc(=O)[nH]c2=O)[C@](C)(O)[C@@H]1O)SC[C@@H]1NC(=O)NC1=O. The van der Waals surface area contributed by atoms with Crippen molar-refractivity contribution in [3.63, 3.8) is 0 Å². The highest BCUT2D eigenvalue weighted by molar-refractivity contribution is 8.56. The molecule has 2 aliphatic rings. The van der Waals surface area contributed by atoms with Gasteiger partial charge < -0.3 is 29.5 Å². The zero-order valence-electron chi connectivity index (χ0n) is 20.9. The van der Waals surface area contributed by atoms with E-state index in [1.807, 2.05) is 10.3 Å². The zero-order valence-corrected chi connectivity index (χ0v) is 22.6. The number of aromatic amines is 1. The fraction of sp³-hybridized carbons (Fsp3) is 0.650. The predicted molar refractivity (Wildman–Crippen MR) is 132 cm³/mol. The number of esters is 1. The van der Waals surface area contributed by atoms with Crippen molar-refractivity contribution >= 4 is 36.0 Å². The maximum Gasteiger partial charge on any atom is 0.330 e. The largest absolute Gasteiger partial charge is 0.462 e. The molecule has 16 nitrogen and oxygen atoms in total. The summed E-state index contributed by atoms with van der Waals surface area (Å²) in [5.74, 6) is -1.57. The average molecular weight is 580 g/mol. The molecule has 0 saturated carbocycles. The first-order valence-corrected chi connectivity index (χ1v) is 14.7. The minimum absolute atomic E-state index is 0.199. The van der Waals surface area contributed by atoms with Crippen LogP contribution in [0.15, 0.2) is 21.9 Å². The fourth-order valence-corrected chi connectivity index (χ4v) is 7.51. The second-order valence-electron chi connectivity index (χ2n) is 9.16. The van der Waals surface area contributed by atoms with Crippen LogP contribution in [0.3, 0.4) is 0 Å². The van der Waals surface area contributed by atoms with Crippen LogP contribution in [0.5, 0.6) is 0 Å². The third-order valence-corrected chi connectivity index (χ3v) is 9.71. The number of H-pyrrole nitrogens is 1. The van der Waals surface area contributed by atoms with Crippen LogP contribution in [0, 0.1) is 0 Å². The van der Waals surface area contributed by atoms with Crippen molar-refractivity contribution in [2.45, 2.75) is 69.9 Å². The van der Waals surface area contributed by atoms with Crippen LogP contribution >= 0.6 is 18.1 Å². The molecule has 2 fully saturated rings. The highest BCUT2D eigenvalue weighted by Crippen LogP contribution is 2.57. The van der Waals surface area contributed by atoms with Crippen LogP contribution < -0.4 is 27.0 Å². The van der Waals surface area contributed by atoms with Gasteiger partial charge in [-0.25, -0.2) is 14.7 Å². The van der Waals surface area contributed by atoms with Crippen LogP contribution in [0.2, 0.25) is 0 Å². The molecule has 18 heteroatoms. The quantitative estimate of drug-likeness (QED) is 0.100. The van der Waals surface area contributed by atoms with Gasteiger partial charge in [0.1, 0.15) is 29.9 Å². The van der Waals surface area contributed by atoms with Crippen LogP contribution in [-0.2, 0) is 28.2 Å². The Labute approximate surface area is 220 Å². The minimum Gasteiger partial charge on any atom is -0.462 e. The van der Waals surface area contributed by atoms with Crippen molar-refractivity contribution in [2.24, 2.45) is 0 Å². The van der Waals surface area contributed by atoms with Gasteiger partial charge in [-0.2, -0.15) is 0 Å². The van der Waals surface area contributed by atoms with E-state index in [0.29, 0.717) is 11.4 Å². The van der Waals surface area contributed by atoms with Gasteiger partial charge in [0.25, 0.3) is 11.5 Å². The lowest BCUT2D eigenvalue weighted by molar-refractivity contribution is -0.149. The Hall–Kier alpha value is -2.53. The second-order valence-corrected chi connectivity index (χ2v) is 13.5. The molecule has 6 N–H and O–H groups in total. The molecule has 2 saturated heterocycles. The number of carbonyl (C=O) groups excluding carboxylic acids is 3. The number of nitrogens with one attached hydrogen (secondary N) is 4. The molecule has 0 bridgehead atoms. The fourth-order valence-electron chi connectivity index (χ4n) is 3.65. The number of rotatable bonds is 11. The number of urea groups is 1. The van der Waals surface area contributed by atoms with Gasteiger partial charge in [0.05, 0.1) is 12.7 Å². The highest BCUT2D eigenvalue weighted by Gasteiger charge is 2.54. The molecule has 1 aromatic heterocycles. The number of ether oxygens (including phenoxy) is 2. The summed E-state index contributed by atoms with van der Waals surface area (Å²) in [6.07, 6.45) is -3.74. The standard InChI is InChI=1S/C20H30N5O11PS/c1-9(2)35-16(29)10(3)24-37(33,38-8-11-15(28)23-18(30)21-11)34-7-12-14(27)20(4,32)17(36-12)25-6-5-13(26)22-19(25)31/h5-6,9-12,14,17,27,32H,7-8H2,1-4H3,(H,24,33)(H,22,26,31)(H2,21,23,28,30)/t10-,11-,12+,14+,17+,20+,37+/m0/s1. The van der Waals surface area contributed by atoms with Gasteiger partial charge in [-0.1, -0.05) is 11.4 Å². The van der Waals surface area contributed by atoms with Crippen molar-refractivity contribution in [2.75, 3.05) is 12.4 Å². The summed E-state index contributed by atoms with van der Waals surface area (Å²) >= 11 is 0.622. The summed E-state index contributed by atoms with van der Waals surface area (Å²) in [7, 11) is 0. The third kappa shape index (κ3) is 6.91. The molecule has 0 radical (unpaired) electrons. The number of aromatic nitrogens is 2. The molecule has 3 rings (SSSR count). The van der Waals surface area contributed by atoms with Crippen molar-refractivity contribution in [3.8, 4) is 0 Å². The molecule has 7 atom stereocenters. The van der Waals surface area contributed by atoms with Crippen molar-refractivity contribution in [1.29, 1.82) is 0 Å². The number of hydrogen-bond donors (Lipinski definition) is 6. The van der Waals surface area contributed by atoms with Gasteiger partial charge >= 0.3 is 24.4 Å². The summed E-state index contributed by atoms with van der Waals surface area (Å²) in [4.78, 5) is 61.2. The smallest absolute Gasteiger partial charge is 0.330 e. The second kappa shape index (κ2) is 11.7. The molecule has 3 amide bonds. The zero-order chi connectivity index (χ0) is 28.4. The first-order valence-electron chi connectivity index (χ1n) is 11.5. The van der Waals surface area contributed by atoms with Crippen LogP contribution in [0.4, 0.5) is 4.79 Å². The van der Waals surface area contributed by atoms with Crippen molar-refractivity contribution in [3.05, 3.63) is 33.1 Å². The summed E-state index contributed by atoms with van der Waals surface area (Å²) in [5.41, 5.74) is -3.60. The van der Waals surface area contributed by atoms with Crippen LogP contribution in [0.1, 0.15) is 33.9 Å². The number of aliphatic hydroxyl groups excluding tert-OH is 1. The predicted octanol–water partition coefficient (Wildman–Crippen LogP) is -1.46. The van der Waals surface area contributed by atoms with Gasteiger partial charge in [-0.3, -0.25) is 33.8 Å². The number of nitrogens with zero attached hydrogens (tertiary/aromatic N) is 1. The maximum atomic E-state index is 13.7. The Morgan fingerprint density at radius 3 is 2.58 bits per heavy atom. The summed E-state index contributed by atoms with van der Waals surface area (Å²) in [6.45, 7) is 1.21. The Kier molecular flexibility index (Phi) is 9.24. The molecule has 1 aromatic rings. The number of imide groups is 1. The minimum atomic E-state index is -4.05. The number of amides is 3. The van der Waals surface area contributed by atoms with Gasteiger partial charge in [0, 0.05) is 18.0 Å². The molecular weight excluding hydrogens is 549 g/mol. The lowest BCUT2D eigenvalue weighted by Crippen LogP contribution is -2.47.